The highest BCUT2D eigenvalue weighted by Crippen LogP contribution is 2.30. The normalized spacial score (nSPS) is 14.1. The average Bonchev–Trinajstić information content (AvgIpc) is 3.04. The van der Waals surface area contributed by atoms with Crippen molar-refractivity contribution < 1.29 is 19.0 Å². The molecule has 6 rings (SSSR count). The van der Waals surface area contributed by atoms with E-state index in [1.165, 1.54) is 0 Å². The summed E-state index contributed by atoms with van der Waals surface area (Å²) in [6.07, 6.45) is 5.14. The van der Waals surface area contributed by atoms with Crippen molar-refractivity contribution in [2.24, 2.45) is 0 Å². The van der Waals surface area contributed by atoms with Gasteiger partial charge in [-0.05, 0) is 55.5 Å². The van der Waals surface area contributed by atoms with Gasteiger partial charge >= 0.3 is 6.03 Å². The summed E-state index contributed by atoms with van der Waals surface area (Å²) >= 11 is 0. The van der Waals surface area contributed by atoms with Gasteiger partial charge in [0.2, 0.25) is 0 Å². The molecule has 10 heteroatoms. The zero-order chi connectivity index (χ0) is 28.9. The summed E-state index contributed by atoms with van der Waals surface area (Å²) in [5, 5.41) is 5.96. The molecule has 1 saturated heterocycles. The zero-order valence-electron chi connectivity index (χ0n) is 23.6. The third kappa shape index (κ3) is 6.03. The monoisotopic (exact) mass is 564 g/mol. The van der Waals surface area contributed by atoms with Crippen LogP contribution >= 0.6 is 0 Å². The van der Waals surface area contributed by atoms with Crippen molar-refractivity contribution in [1.82, 2.24) is 19.9 Å². The molecule has 1 atom stereocenters. The lowest BCUT2D eigenvalue weighted by Gasteiger charge is -2.35. The Morgan fingerprint density at radius 1 is 0.952 bits per heavy atom. The van der Waals surface area contributed by atoms with E-state index in [-0.39, 0.29) is 12.1 Å². The highest BCUT2D eigenvalue weighted by molar-refractivity contribution is 5.92. The van der Waals surface area contributed by atoms with E-state index in [0.29, 0.717) is 44.2 Å². The number of aromatic nitrogens is 3. The van der Waals surface area contributed by atoms with Gasteiger partial charge in [-0.25, -0.2) is 14.8 Å². The lowest BCUT2D eigenvalue weighted by Crippen LogP contribution is -2.50. The van der Waals surface area contributed by atoms with Crippen molar-refractivity contribution in [3.63, 3.8) is 0 Å². The number of carbonyl (C=O) groups excluding carboxylic acids is 1. The molecule has 1 unspecified atom stereocenters. The largest absolute Gasteiger partial charge is 0.491 e. The number of carbonyl (C=O) groups is 1. The maximum Gasteiger partial charge on any atom is 0.321 e. The number of fused-ring (bicyclic) bond motifs is 2. The van der Waals surface area contributed by atoms with Crippen LogP contribution in [0.3, 0.4) is 0 Å². The number of nitrogens with zero attached hydrogens (tertiary/aromatic N) is 5. The molecule has 1 fully saturated rings. The number of urea groups is 1. The van der Waals surface area contributed by atoms with Crippen molar-refractivity contribution in [3.05, 3.63) is 85.5 Å². The van der Waals surface area contributed by atoms with E-state index in [1.54, 1.807) is 19.6 Å². The quantitative estimate of drug-likeness (QED) is 0.255. The summed E-state index contributed by atoms with van der Waals surface area (Å²) < 4.78 is 17.2. The van der Waals surface area contributed by atoms with Crippen LogP contribution in [0, 0.1) is 0 Å². The fraction of sp³-hybridized carbons (Fsp3) is 0.250. The van der Waals surface area contributed by atoms with Gasteiger partial charge in [0.1, 0.15) is 36.0 Å². The third-order valence-corrected chi connectivity index (χ3v) is 7.31. The second-order valence-corrected chi connectivity index (χ2v) is 10.1. The number of ether oxygens (including phenoxy) is 3. The number of hydrogen-bond acceptors (Lipinski definition) is 8. The van der Waals surface area contributed by atoms with Gasteiger partial charge in [0.25, 0.3) is 0 Å². The second kappa shape index (κ2) is 12.3. The van der Waals surface area contributed by atoms with Gasteiger partial charge in [0.15, 0.2) is 0 Å². The van der Waals surface area contributed by atoms with Crippen LogP contribution < -0.4 is 19.7 Å². The predicted molar refractivity (Wildman–Crippen MR) is 163 cm³/mol. The molecule has 2 aromatic heterocycles. The molecule has 0 bridgehead atoms. The molecular formula is C32H32N6O4. The minimum Gasteiger partial charge on any atom is -0.491 e. The van der Waals surface area contributed by atoms with E-state index in [0.717, 1.165) is 39.0 Å². The smallest absolute Gasteiger partial charge is 0.321 e. The number of piperazine rings is 1. The molecule has 3 heterocycles. The predicted octanol–water partition coefficient (Wildman–Crippen LogP) is 5.74. The lowest BCUT2D eigenvalue weighted by molar-refractivity contribution is 0.0717. The van der Waals surface area contributed by atoms with Crippen molar-refractivity contribution in [1.29, 1.82) is 0 Å². The average molecular weight is 565 g/mol. The molecule has 214 valence electrons. The van der Waals surface area contributed by atoms with E-state index < -0.39 is 0 Å². The third-order valence-electron chi connectivity index (χ3n) is 7.31. The fourth-order valence-electron chi connectivity index (χ4n) is 4.89. The molecule has 0 aliphatic carbocycles. The van der Waals surface area contributed by atoms with Crippen LogP contribution in [0.1, 0.15) is 6.92 Å². The summed E-state index contributed by atoms with van der Waals surface area (Å²) in [5.74, 6) is 3.04. The Bertz CT molecular complexity index is 1680. The molecule has 1 N–H and O–H groups in total. The molecule has 0 spiro atoms. The number of benzene rings is 3. The van der Waals surface area contributed by atoms with Crippen LogP contribution in [0.25, 0.3) is 21.7 Å². The minimum atomic E-state index is -0.135. The van der Waals surface area contributed by atoms with Crippen LogP contribution in [-0.4, -0.2) is 71.9 Å². The van der Waals surface area contributed by atoms with Crippen LogP contribution in [0.15, 0.2) is 85.5 Å². The topological polar surface area (TPSA) is 102 Å². The molecule has 3 aromatic carbocycles. The summed E-state index contributed by atoms with van der Waals surface area (Å²) in [7, 11) is 1.66. The number of hydrogen-bond donors (Lipinski definition) is 1. The summed E-state index contributed by atoms with van der Waals surface area (Å²) in [6.45, 7) is 4.89. The molecule has 10 nitrogen and oxygen atoms in total. The van der Waals surface area contributed by atoms with Crippen LogP contribution in [0.2, 0.25) is 0 Å². The number of amides is 2. The first kappa shape index (κ1) is 27.2. The van der Waals surface area contributed by atoms with Gasteiger partial charge in [-0.15, -0.1) is 0 Å². The number of rotatable bonds is 8. The number of methoxy groups -OCH3 is 1. The van der Waals surface area contributed by atoms with Crippen molar-refractivity contribution in [2.45, 2.75) is 13.0 Å². The van der Waals surface area contributed by atoms with Gasteiger partial charge in [0.05, 0.1) is 11.6 Å². The Morgan fingerprint density at radius 3 is 2.57 bits per heavy atom. The highest BCUT2D eigenvalue weighted by Gasteiger charge is 2.23. The van der Waals surface area contributed by atoms with E-state index in [9.17, 15) is 4.79 Å². The summed E-state index contributed by atoms with van der Waals surface area (Å²) in [4.78, 5) is 30.2. The molecule has 0 radical (unpaired) electrons. The van der Waals surface area contributed by atoms with Gasteiger partial charge in [-0.1, -0.05) is 12.1 Å². The number of nitrogens with one attached hydrogen (secondary N) is 1. The minimum absolute atomic E-state index is 0.00222. The Kier molecular flexibility index (Phi) is 7.96. The van der Waals surface area contributed by atoms with Crippen molar-refractivity contribution >= 4 is 39.2 Å². The first-order chi connectivity index (χ1) is 20.6. The van der Waals surface area contributed by atoms with E-state index in [4.69, 9.17) is 14.2 Å². The Balaban J connectivity index is 1.05. The van der Waals surface area contributed by atoms with Crippen LogP contribution in [-0.2, 0) is 4.74 Å². The number of pyridine rings is 1. The molecule has 42 heavy (non-hydrogen) atoms. The summed E-state index contributed by atoms with van der Waals surface area (Å²) in [6, 6.07) is 20.9. The van der Waals surface area contributed by atoms with Crippen molar-refractivity contribution in [3.8, 4) is 17.2 Å². The standard InChI is InChI=1S/C32H32N6O4/c1-22(40-2)20-41-26-10-11-28-29(18-26)34-21-35-31(28)37-14-16-38(17-15-37)32(39)36-24-6-8-25(9-7-24)42-30-5-3-4-23-19-33-13-12-27(23)30/h3-13,18-19,21-22H,14-17,20H2,1-2H3,(H,36,39). The lowest BCUT2D eigenvalue weighted by atomic mass is 10.1. The van der Waals surface area contributed by atoms with E-state index in [1.807, 2.05) is 84.8 Å². The van der Waals surface area contributed by atoms with Crippen LogP contribution in [0.4, 0.5) is 16.3 Å². The Hall–Kier alpha value is -4.96. The number of anilines is 2. The van der Waals surface area contributed by atoms with Gasteiger partial charge < -0.3 is 29.3 Å². The molecule has 0 saturated carbocycles. The van der Waals surface area contributed by atoms with E-state index in [2.05, 4.69) is 25.2 Å². The Morgan fingerprint density at radius 2 is 1.76 bits per heavy atom. The van der Waals surface area contributed by atoms with Gasteiger partial charge in [-0.2, -0.15) is 0 Å². The molecule has 1 aliphatic heterocycles. The highest BCUT2D eigenvalue weighted by atomic mass is 16.5. The second-order valence-electron chi connectivity index (χ2n) is 10.1. The van der Waals surface area contributed by atoms with E-state index >= 15 is 0 Å². The fourth-order valence-corrected chi connectivity index (χ4v) is 4.89. The summed E-state index contributed by atoms with van der Waals surface area (Å²) in [5.41, 5.74) is 1.52. The first-order valence-electron chi connectivity index (χ1n) is 13.9. The molecule has 1 aliphatic rings. The molecule has 2 amide bonds. The maximum absolute atomic E-state index is 13.0. The van der Waals surface area contributed by atoms with Crippen LogP contribution in [0.5, 0.6) is 17.2 Å². The first-order valence-corrected chi connectivity index (χ1v) is 13.9. The van der Waals surface area contributed by atoms with Gasteiger partial charge in [0, 0.05) is 73.6 Å². The Labute approximate surface area is 243 Å². The molecular weight excluding hydrogens is 532 g/mol. The molecule has 5 aromatic rings. The van der Waals surface area contributed by atoms with Crippen molar-refractivity contribution in [2.75, 3.05) is 50.1 Å². The SMILES string of the molecule is COC(C)COc1ccc2c(N3CCN(C(=O)Nc4ccc(Oc5cccc6cnccc56)cc4)CC3)ncnc2c1. The van der Waals surface area contributed by atoms with Gasteiger partial charge in [-0.3, -0.25) is 4.98 Å². The zero-order valence-corrected chi connectivity index (χ0v) is 23.6. The maximum atomic E-state index is 13.0.